The molecule has 1 amide bonds. The van der Waals surface area contributed by atoms with Crippen LogP contribution in [0, 0.1) is 5.92 Å². The fraction of sp³-hybridized carbons (Fsp3) is 0.750. The van der Waals surface area contributed by atoms with Gasteiger partial charge in [-0.1, -0.05) is 0 Å². The Morgan fingerprint density at radius 1 is 1.62 bits per heavy atom. The van der Waals surface area contributed by atoms with Gasteiger partial charge in [0, 0.05) is 0 Å². The van der Waals surface area contributed by atoms with E-state index in [0.29, 0.717) is 12.8 Å². The van der Waals surface area contributed by atoms with Crippen LogP contribution in [-0.2, 0) is 14.3 Å². The molecule has 1 N–H and O–H groups in total. The molecule has 1 heterocycles. The van der Waals surface area contributed by atoms with Gasteiger partial charge in [-0.05, 0) is 12.8 Å². The predicted octanol–water partition coefficient (Wildman–Crippen LogP) is 0.0464. The van der Waals surface area contributed by atoms with Gasteiger partial charge in [0.25, 0.3) is 0 Å². The smallest absolute Gasteiger partial charge is 0.407 e. The summed E-state index contributed by atoms with van der Waals surface area (Å²) in [6.45, 7) is 0. The highest BCUT2D eigenvalue weighted by Crippen LogP contribution is 2.32. The summed E-state index contributed by atoms with van der Waals surface area (Å²) in [7, 11) is 1.37. The van der Waals surface area contributed by atoms with Crippen LogP contribution in [-0.4, -0.2) is 31.3 Å². The number of carbonyl (C=O) groups is 2. The number of hydrogen-bond acceptors (Lipinski definition) is 4. The number of carbonyl (C=O) groups excluding carboxylic acids is 2. The van der Waals surface area contributed by atoms with Crippen molar-refractivity contribution in [2.45, 2.75) is 25.0 Å². The molecule has 2 rings (SSSR count). The molecule has 2 fully saturated rings. The summed E-state index contributed by atoms with van der Waals surface area (Å²) in [5.41, 5.74) is 0. The second kappa shape index (κ2) is 2.90. The van der Waals surface area contributed by atoms with Crippen LogP contribution in [0.3, 0.4) is 0 Å². The van der Waals surface area contributed by atoms with Gasteiger partial charge in [-0.3, -0.25) is 4.79 Å². The van der Waals surface area contributed by atoms with E-state index < -0.39 is 0 Å². The molecule has 0 aromatic rings. The van der Waals surface area contributed by atoms with Gasteiger partial charge in [0.1, 0.15) is 6.10 Å². The molecule has 72 valence electrons. The van der Waals surface area contributed by atoms with Crippen molar-refractivity contribution in [1.29, 1.82) is 0 Å². The van der Waals surface area contributed by atoms with Crippen LogP contribution >= 0.6 is 0 Å². The van der Waals surface area contributed by atoms with E-state index in [0.717, 1.165) is 0 Å². The van der Waals surface area contributed by atoms with E-state index in [-0.39, 0.29) is 30.1 Å². The number of alkyl carbamates (subject to hydrolysis) is 1. The molecule has 5 heteroatoms. The summed E-state index contributed by atoms with van der Waals surface area (Å²) >= 11 is 0. The van der Waals surface area contributed by atoms with Crippen molar-refractivity contribution in [2.24, 2.45) is 5.92 Å². The maximum atomic E-state index is 11.1. The second-order valence-electron chi connectivity index (χ2n) is 3.39. The first-order valence-corrected chi connectivity index (χ1v) is 4.25. The largest absolute Gasteiger partial charge is 0.469 e. The summed E-state index contributed by atoms with van der Waals surface area (Å²) < 4.78 is 9.57. The molecule has 1 saturated carbocycles. The van der Waals surface area contributed by atoms with Crippen molar-refractivity contribution in [3.63, 3.8) is 0 Å². The molecule has 0 bridgehead atoms. The molecule has 0 aromatic heterocycles. The maximum absolute atomic E-state index is 11.1. The van der Waals surface area contributed by atoms with Crippen LogP contribution in [0.5, 0.6) is 0 Å². The summed E-state index contributed by atoms with van der Waals surface area (Å²) in [5, 5.41) is 2.66. The molecule has 2 aliphatic rings. The molecule has 0 radical (unpaired) electrons. The Kier molecular flexibility index (Phi) is 1.86. The highest BCUT2D eigenvalue weighted by Gasteiger charge is 2.45. The Hall–Kier alpha value is -1.26. The minimum Gasteiger partial charge on any atom is -0.469 e. The van der Waals surface area contributed by atoms with Crippen molar-refractivity contribution >= 4 is 12.1 Å². The molecule has 5 nitrogen and oxygen atoms in total. The van der Waals surface area contributed by atoms with E-state index in [1.165, 1.54) is 7.11 Å². The first kappa shape index (κ1) is 8.34. The third kappa shape index (κ3) is 1.34. The number of methoxy groups -OCH3 is 1. The van der Waals surface area contributed by atoms with Crippen molar-refractivity contribution < 1.29 is 19.1 Å². The lowest BCUT2D eigenvalue weighted by Gasteiger charge is -2.07. The van der Waals surface area contributed by atoms with E-state index >= 15 is 0 Å². The number of esters is 1. The van der Waals surface area contributed by atoms with Crippen molar-refractivity contribution in [3.05, 3.63) is 0 Å². The molecule has 3 atom stereocenters. The van der Waals surface area contributed by atoms with E-state index in [9.17, 15) is 9.59 Å². The lowest BCUT2D eigenvalue weighted by Crippen LogP contribution is -2.27. The minimum absolute atomic E-state index is 0.00315. The number of hydrogen-bond donors (Lipinski definition) is 1. The highest BCUT2D eigenvalue weighted by molar-refractivity contribution is 5.75. The third-order valence-corrected chi connectivity index (χ3v) is 2.60. The zero-order chi connectivity index (χ0) is 9.42. The maximum Gasteiger partial charge on any atom is 0.407 e. The molecular weight excluding hydrogens is 174 g/mol. The molecule has 0 spiro atoms. The molecule has 0 unspecified atom stereocenters. The molecule has 1 saturated heterocycles. The second-order valence-corrected chi connectivity index (χ2v) is 3.39. The van der Waals surface area contributed by atoms with E-state index in [1.807, 2.05) is 0 Å². The van der Waals surface area contributed by atoms with Crippen LogP contribution in [0.15, 0.2) is 0 Å². The third-order valence-electron chi connectivity index (χ3n) is 2.60. The Morgan fingerprint density at radius 3 is 3.00 bits per heavy atom. The molecule has 1 aliphatic carbocycles. The average Bonchev–Trinajstić information content (AvgIpc) is 2.59. The fourth-order valence-electron chi connectivity index (χ4n) is 1.96. The highest BCUT2D eigenvalue weighted by atomic mass is 16.6. The molecular formula is C8H11NO4. The SMILES string of the molecule is COC(=O)[C@H]1C[C@@H]2NC(=O)O[C@@H]2C1. The van der Waals surface area contributed by atoms with Gasteiger partial charge in [0.05, 0.1) is 19.1 Å². The summed E-state index contributed by atoms with van der Waals surface area (Å²) in [5.74, 6) is -0.340. The lowest BCUT2D eigenvalue weighted by atomic mass is 10.1. The summed E-state index contributed by atoms with van der Waals surface area (Å²) in [6.07, 6.45) is 0.689. The number of fused-ring (bicyclic) bond motifs is 1. The Morgan fingerprint density at radius 2 is 2.38 bits per heavy atom. The molecule has 1 aliphatic heterocycles. The van der Waals surface area contributed by atoms with Crippen LogP contribution in [0.4, 0.5) is 4.79 Å². The first-order valence-electron chi connectivity index (χ1n) is 4.25. The first-order chi connectivity index (χ1) is 6.20. The Labute approximate surface area is 75.4 Å². The van der Waals surface area contributed by atoms with Gasteiger partial charge in [-0.25, -0.2) is 4.79 Å². The van der Waals surface area contributed by atoms with Crippen molar-refractivity contribution in [3.8, 4) is 0 Å². The monoisotopic (exact) mass is 185 g/mol. The zero-order valence-corrected chi connectivity index (χ0v) is 7.28. The van der Waals surface area contributed by atoms with Gasteiger partial charge in [-0.15, -0.1) is 0 Å². The lowest BCUT2D eigenvalue weighted by molar-refractivity contribution is -0.145. The van der Waals surface area contributed by atoms with Gasteiger partial charge in [0.15, 0.2) is 0 Å². The van der Waals surface area contributed by atoms with Gasteiger partial charge < -0.3 is 14.8 Å². The summed E-state index contributed by atoms with van der Waals surface area (Å²) in [4.78, 5) is 21.9. The number of nitrogens with one attached hydrogen (secondary N) is 1. The van der Waals surface area contributed by atoms with E-state index in [4.69, 9.17) is 4.74 Å². The minimum atomic E-state index is -0.377. The van der Waals surface area contributed by atoms with Crippen LogP contribution in [0.2, 0.25) is 0 Å². The van der Waals surface area contributed by atoms with E-state index in [1.54, 1.807) is 0 Å². The average molecular weight is 185 g/mol. The van der Waals surface area contributed by atoms with Crippen LogP contribution in [0.25, 0.3) is 0 Å². The molecule has 13 heavy (non-hydrogen) atoms. The van der Waals surface area contributed by atoms with Crippen LogP contribution in [0.1, 0.15) is 12.8 Å². The van der Waals surface area contributed by atoms with Crippen molar-refractivity contribution in [2.75, 3.05) is 7.11 Å². The molecule has 0 aromatic carbocycles. The summed E-state index contributed by atoms with van der Waals surface area (Å²) in [6, 6.07) is -0.00315. The standard InChI is InChI=1S/C8H11NO4/c1-12-7(10)4-2-5-6(3-4)13-8(11)9-5/h4-6H,2-3H2,1H3,(H,9,11)/t4-,5-,6+/m0/s1. The van der Waals surface area contributed by atoms with Gasteiger partial charge in [0.2, 0.25) is 0 Å². The van der Waals surface area contributed by atoms with Crippen molar-refractivity contribution in [1.82, 2.24) is 5.32 Å². The topological polar surface area (TPSA) is 64.6 Å². The zero-order valence-electron chi connectivity index (χ0n) is 7.28. The fourth-order valence-corrected chi connectivity index (χ4v) is 1.96. The normalized spacial score (nSPS) is 36.4. The predicted molar refractivity (Wildman–Crippen MR) is 41.9 cm³/mol. The van der Waals surface area contributed by atoms with Gasteiger partial charge in [-0.2, -0.15) is 0 Å². The quantitative estimate of drug-likeness (QED) is 0.586. The number of ether oxygens (including phenoxy) is 2. The Bertz CT molecular complexity index is 237. The van der Waals surface area contributed by atoms with Gasteiger partial charge >= 0.3 is 12.1 Å². The Balaban J connectivity index is 1.97. The number of amides is 1. The van der Waals surface area contributed by atoms with E-state index in [2.05, 4.69) is 10.1 Å². The number of rotatable bonds is 1. The van der Waals surface area contributed by atoms with Crippen LogP contribution < -0.4 is 5.32 Å².